The molecule has 126 valence electrons. The zero-order chi connectivity index (χ0) is 17.5. The molecular formula is C16H26O6. The van der Waals surface area contributed by atoms with Gasteiger partial charge in [0, 0.05) is 17.8 Å². The van der Waals surface area contributed by atoms with E-state index in [1.54, 1.807) is 13.8 Å². The standard InChI is InChI=1S/C16H26O6/c1-7-13(8-12(6)9-17)16(20,21-14(18)10(2)3)22-15(19)11(4)5/h12-13,17,20H,2,4,7-9H2,1,3,5-6H3. The molecule has 6 nitrogen and oxygen atoms in total. The molecule has 0 heterocycles. The van der Waals surface area contributed by atoms with Gasteiger partial charge in [0.25, 0.3) is 0 Å². The van der Waals surface area contributed by atoms with Crippen LogP contribution in [0.1, 0.15) is 40.5 Å². The highest BCUT2D eigenvalue weighted by atomic mass is 16.8. The Morgan fingerprint density at radius 1 is 1.14 bits per heavy atom. The summed E-state index contributed by atoms with van der Waals surface area (Å²) in [5, 5.41) is 19.8. The van der Waals surface area contributed by atoms with Crippen molar-refractivity contribution in [1.29, 1.82) is 0 Å². The average molecular weight is 314 g/mol. The number of aliphatic hydroxyl groups is 2. The molecule has 2 atom stereocenters. The molecule has 0 rings (SSSR count). The van der Waals surface area contributed by atoms with Gasteiger partial charge in [0.2, 0.25) is 0 Å². The molecule has 0 radical (unpaired) electrons. The monoisotopic (exact) mass is 314 g/mol. The minimum atomic E-state index is -2.43. The lowest BCUT2D eigenvalue weighted by atomic mass is 9.91. The first-order chi connectivity index (χ1) is 10.1. The maximum absolute atomic E-state index is 11.7. The van der Waals surface area contributed by atoms with E-state index in [1.807, 2.05) is 0 Å². The third-order valence-electron chi connectivity index (χ3n) is 3.18. The third-order valence-corrected chi connectivity index (χ3v) is 3.18. The Labute approximate surface area is 131 Å². The zero-order valence-electron chi connectivity index (χ0n) is 13.7. The highest BCUT2D eigenvalue weighted by Crippen LogP contribution is 2.31. The van der Waals surface area contributed by atoms with Crippen molar-refractivity contribution in [3.8, 4) is 0 Å². The Morgan fingerprint density at radius 2 is 1.55 bits per heavy atom. The van der Waals surface area contributed by atoms with Crippen LogP contribution in [0.25, 0.3) is 0 Å². The molecule has 6 heteroatoms. The zero-order valence-corrected chi connectivity index (χ0v) is 13.7. The molecule has 0 aliphatic rings. The predicted molar refractivity (Wildman–Crippen MR) is 81.4 cm³/mol. The van der Waals surface area contributed by atoms with Gasteiger partial charge < -0.3 is 19.7 Å². The van der Waals surface area contributed by atoms with E-state index in [4.69, 9.17) is 14.6 Å². The minimum absolute atomic E-state index is 0.0647. The van der Waals surface area contributed by atoms with Crippen LogP contribution in [0, 0.1) is 11.8 Å². The van der Waals surface area contributed by atoms with Gasteiger partial charge in [0.1, 0.15) is 0 Å². The van der Waals surface area contributed by atoms with E-state index in [0.29, 0.717) is 12.8 Å². The quantitative estimate of drug-likeness (QED) is 0.384. The van der Waals surface area contributed by atoms with Crippen molar-refractivity contribution in [2.75, 3.05) is 6.61 Å². The summed E-state index contributed by atoms with van der Waals surface area (Å²) in [5.41, 5.74) is 0.129. The minimum Gasteiger partial charge on any atom is -0.396 e. The van der Waals surface area contributed by atoms with Gasteiger partial charge >= 0.3 is 17.9 Å². The fourth-order valence-corrected chi connectivity index (χ4v) is 1.76. The van der Waals surface area contributed by atoms with Gasteiger partial charge in [0.05, 0.1) is 5.92 Å². The summed E-state index contributed by atoms with van der Waals surface area (Å²) in [6.45, 7) is 13.1. The van der Waals surface area contributed by atoms with E-state index >= 15 is 0 Å². The fourth-order valence-electron chi connectivity index (χ4n) is 1.76. The molecule has 2 unspecified atom stereocenters. The van der Waals surface area contributed by atoms with Crippen LogP contribution in [-0.4, -0.2) is 34.7 Å². The Hall–Kier alpha value is -1.66. The lowest BCUT2D eigenvalue weighted by Crippen LogP contribution is -2.47. The number of carbonyl (C=O) groups is 2. The molecule has 0 spiro atoms. The van der Waals surface area contributed by atoms with E-state index < -0.39 is 23.8 Å². The Bertz CT molecular complexity index is 412. The SMILES string of the molecule is C=C(C)C(=O)OC(O)(OC(=O)C(=C)C)C(CC)CC(C)CO. The molecule has 0 fully saturated rings. The first-order valence-electron chi connectivity index (χ1n) is 7.18. The molecule has 0 saturated heterocycles. The van der Waals surface area contributed by atoms with Crippen LogP contribution in [0.4, 0.5) is 0 Å². The normalized spacial score (nSPS) is 13.9. The molecule has 0 aromatic rings. The molecule has 2 N–H and O–H groups in total. The molecular weight excluding hydrogens is 288 g/mol. The van der Waals surface area contributed by atoms with Crippen LogP contribution >= 0.6 is 0 Å². The number of esters is 2. The number of hydrogen-bond donors (Lipinski definition) is 2. The number of aliphatic hydroxyl groups excluding tert-OH is 1. The summed E-state index contributed by atoms with van der Waals surface area (Å²) in [6, 6.07) is 0. The van der Waals surface area contributed by atoms with Crippen molar-refractivity contribution in [2.45, 2.75) is 46.5 Å². The van der Waals surface area contributed by atoms with E-state index in [9.17, 15) is 14.7 Å². The van der Waals surface area contributed by atoms with Crippen LogP contribution in [0.15, 0.2) is 24.3 Å². The van der Waals surface area contributed by atoms with Crippen LogP contribution in [0.3, 0.4) is 0 Å². The predicted octanol–water partition coefficient (Wildman–Crippen LogP) is 1.92. The smallest absolute Gasteiger partial charge is 0.376 e. The highest BCUT2D eigenvalue weighted by molar-refractivity contribution is 5.88. The number of hydrogen-bond acceptors (Lipinski definition) is 6. The van der Waals surface area contributed by atoms with Gasteiger partial charge in [-0.3, -0.25) is 0 Å². The van der Waals surface area contributed by atoms with Gasteiger partial charge in [-0.05, 0) is 32.6 Å². The Balaban J connectivity index is 5.43. The lowest BCUT2D eigenvalue weighted by Gasteiger charge is -2.34. The largest absolute Gasteiger partial charge is 0.396 e. The summed E-state index contributed by atoms with van der Waals surface area (Å²) < 4.78 is 9.94. The van der Waals surface area contributed by atoms with Gasteiger partial charge in [-0.15, -0.1) is 0 Å². The summed E-state index contributed by atoms with van der Waals surface area (Å²) in [6.07, 6.45) is 0.671. The van der Waals surface area contributed by atoms with Crippen LogP contribution in [0.5, 0.6) is 0 Å². The molecule has 0 bridgehead atoms. The van der Waals surface area contributed by atoms with E-state index in [0.717, 1.165) is 0 Å². The van der Waals surface area contributed by atoms with Crippen molar-refractivity contribution in [3.05, 3.63) is 24.3 Å². The molecule has 0 aliphatic carbocycles. The maximum Gasteiger partial charge on any atom is 0.376 e. The second-order valence-corrected chi connectivity index (χ2v) is 5.60. The van der Waals surface area contributed by atoms with E-state index in [-0.39, 0.29) is 23.7 Å². The van der Waals surface area contributed by atoms with Gasteiger partial charge in [-0.2, -0.15) is 0 Å². The Kier molecular flexibility index (Phi) is 8.05. The van der Waals surface area contributed by atoms with Crippen molar-refractivity contribution in [1.82, 2.24) is 0 Å². The first kappa shape index (κ1) is 20.3. The molecule has 0 aliphatic heterocycles. The molecule has 22 heavy (non-hydrogen) atoms. The van der Waals surface area contributed by atoms with Crippen LogP contribution in [0.2, 0.25) is 0 Å². The number of carbonyl (C=O) groups excluding carboxylic acids is 2. The maximum atomic E-state index is 11.7. The summed E-state index contributed by atoms with van der Waals surface area (Å²) in [5.74, 6) is -5.02. The molecule has 0 saturated carbocycles. The lowest BCUT2D eigenvalue weighted by molar-refractivity contribution is -0.349. The van der Waals surface area contributed by atoms with E-state index in [1.165, 1.54) is 13.8 Å². The number of rotatable bonds is 9. The van der Waals surface area contributed by atoms with Crippen molar-refractivity contribution in [2.24, 2.45) is 11.8 Å². The van der Waals surface area contributed by atoms with Crippen molar-refractivity contribution in [3.63, 3.8) is 0 Å². The Morgan fingerprint density at radius 3 is 1.82 bits per heavy atom. The average Bonchev–Trinajstić information content (AvgIpc) is 2.43. The molecule has 0 aromatic carbocycles. The topological polar surface area (TPSA) is 93.1 Å². The van der Waals surface area contributed by atoms with Gasteiger partial charge in [0.15, 0.2) is 0 Å². The highest BCUT2D eigenvalue weighted by Gasteiger charge is 2.45. The third kappa shape index (κ3) is 5.99. The first-order valence-corrected chi connectivity index (χ1v) is 7.18. The second-order valence-electron chi connectivity index (χ2n) is 5.60. The van der Waals surface area contributed by atoms with Gasteiger partial charge in [-0.1, -0.05) is 27.0 Å². The number of ether oxygens (including phenoxy) is 2. The van der Waals surface area contributed by atoms with Crippen LogP contribution in [-0.2, 0) is 19.1 Å². The van der Waals surface area contributed by atoms with Crippen molar-refractivity contribution < 1.29 is 29.3 Å². The van der Waals surface area contributed by atoms with E-state index in [2.05, 4.69) is 13.2 Å². The van der Waals surface area contributed by atoms with Crippen molar-refractivity contribution >= 4 is 11.9 Å². The summed E-state index contributed by atoms with van der Waals surface area (Å²) >= 11 is 0. The summed E-state index contributed by atoms with van der Waals surface area (Å²) in [4.78, 5) is 23.5. The van der Waals surface area contributed by atoms with Gasteiger partial charge in [-0.25, -0.2) is 9.59 Å². The van der Waals surface area contributed by atoms with Crippen LogP contribution < -0.4 is 0 Å². The molecule has 0 amide bonds. The summed E-state index contributed by atoms with van der Waals surface area (Å²) in [7, 11) is 0. The second kappa shape index (κ2) is 8.70. The molecule has 0 aromatic heterocycles. The fraction of sp³-hybridized carbons (Fsp3) is 0.625.